The van der Waals surface area contributed by atoms with E-state index in [0.29, 0.717) is 33.0 Å². The van der Waals surface area contributed by atoms with E-state index in [1.165, 1.54) is 0 Å². The Balaban J connectivity index is 2.31. The summed E-state index contributed by atoms with van der Waals surface area (Å²) >= 11 is 0. The quantitative estimate of drug-likeness (QED) is 0.626. The third-order valence-electron chi connectivity index (χ3n) is 2.59. The van der Waals surface area contributed by atoms with Gasteiger partial charge in [-0.2, -0.15) is 0 Å². The van der Waals surface area contributed by atoms with Crippen LogP contribution in [-0.2, 0) is 20.8 Å². The Hall–Kier alpha value is -1.14. The first kappa shape index (κ1) is 15.9. The minimum absolute atomic E-state index is 0.294. The lowest BCUT2D eigenvalue weighted by atomic mass is 10.2. The summed E-state index contributed by atoms with van der Waals surface area (Å²) < 4.78 is 15.2. The number of nitrogens with one attached hydrogen (secondary N) is 1. The van der Waals surface area contributed by atoms with E-state index in [9.17, 15) is 5.11 Å². The van der Waals surface area contributed by atoms with Crippen LogP contribution in [0.4, 0.5) is 5.69 Å². The molecule has 0 aliphatic carbocycles. The smallest absolute Gasteiger partial charge is 0.0945 e. The number of para-hydroxylation sites is 1. The lowest BCUT2D eigenvalue weighted by Crippen LogP contribution is -2.26. The minimum Gasteiger partial charge on any atom is -0.389 e. The van der Waals surface area contributed by atoms with E-state index in [0.717, 1.165) is 11.3 Å². The van der Waals surface area contributed by atoms with Crippen molar-refractivity contribution in [2.75, 3.05) is 45.9 Å². The number of methoxy groups -OCH3 is 2. The number of anilines is 1. The number of benzene rings is 1. The average Bonchev–Trinajstić information content (AvgIpc) is 2.43. The summed E-state index contributed by atoms with van der Waals surface area (Å²) in [6.07, 6.45) is -0.549. The third kappa shape index (κ3) is 6.54. The molecule has 0 aliphatic heterocycles. The van der Waals surface area contributed by atoms with Gasteiger partial charge in [-0.1, -0.05) is 18.2 Å². The largest absolute Gasteiger partial charge is 0.389 e. The molecule has 1 atom stereocenters. The van der Waals surface area contributed by atoms with Crippen LogP contribution in [0.5, 0.6) is 0 Å². The summed E-state index contributed by atoms with van der Waals surface area (Å²) in [4.78, 5) is 0. The van der Waals surface area contributed by atoms with Crippen molar-refractivity contribution in [3.05, 3.63) is 29.8 Å². The first-order chi connectivity index (χ1) is 9.27. The van der Waals surface area contributed by atoms with Crippen LogP contribution in [0.1, 0.15) is 5.56 Å². The molecule has 5 nitrogen and oxygen atoms in total. The molecule has 1 unspecified atom stereocenters. The van der Waals surface area contributed by atoms with Gasteiger partial charge in [0.2, 0.25) is 0 Å². The molecule has 2 N–H and O–H groups in total. The van der Waals surface area contributed by atoms with Crippen molar-refractivity contribution in [2.45, 2.75) is 12.7 Å². The van der Waals surface area contributed by atoms with Crippen molar-refractivity contribution in [1.29, 1.82) is 0 Å². The zero-order valence-corrected chi connectivity index (χ0v) is 11.6. The van der Waals surface area contributed by atoms with Crippen LogP contribution in [0.25, 0.3) is 0 Å². The molecule has 19 heavy (non-hydrogen) atoms. The second-order valence-electron chi connectivity index (χ2n) is 4.19. The number of aliphatic hydroxyl groups is 1. The molecule has 1 rings (SSSR count). The zero-order valence-electron chi connectivity index (χ0n) is 11.6. The summed E-state index contributed by atoms with van der Waals surface area (Å²) in [6.45, 7) is 2.31. The van der Waals surface area contributed by atoms with E-state index in [1.807, 2.05) is 24.3 Å². The van der Waals surface area contributed by atoms with Gasteiger partial charge in [0.25, 0.3) is 0 Å². The molecule has 0 aliphatic rings. The minimum atomic E-state index is -0.549. The van der Waals surface area contributed by atoms with Crippen LogP contribution < -0.4 is 5.32 Å². The standard InChI is InChI=1S/C14H23NO4/c1-17-7-8-19-11-13(16)9-15-14-6-4-3-5-12(14)10-18-2/h3-6,13,15-16H,7-11H2,1-2H3. The van der Waals surface area contributed by atoms with Crippen molar-refractivity contribution in [2.24, 2.45) is 0 Å². The molecule has 1 aromatic carbocycles. The molecule has 0 heterocycles. The monoisotopic (exact) mass is 269 g/mol. The van der Waals surface area contributed by atoms with E-state index in [2.05, 4.69) is 5.32 Å². The molecule has 1 aromatic rings. The third-order valence-corrected chi connectivity index (χ3v) is 2.59. The average molecular weight is 269 g/mol. The summed E-state index contributed by atoms with van der Waals surface area (Å²) in [6, 6.07) is 7.87. The van der Waals surface area contributed by atoms with Crippen molar-refractivity contribution >= 4 is 5.69 Å². The van der Waals surface area contributed by atoms with Gasteiger partial charge in [-0.05, 0) is 6.07 Å². The van der Waals surface area contributed by atoms with E-state index in [4.69, 9.17) is 14.2 Å². The molecule has 0 saturated heterocycles. The zero-order chi connectivity index (χ0) is 13.9. The highest BCUT2D eigenvalue weighted by Gasteiger charge is 2.06. The predicted molar refractivity (Wildman–Crippen MR) is 74.3 cm³/mol. The molecule has 5 heteroatoms. The summed E-state index contributed by atoms with van der Waals surface area (Å²) in [5.74, 6) is 0. The van der Waals surface area contributed by atoms with Crippen molar-refractivity contribution in [1.82, 2.24) is 0 Å². The second kappa shape index (κ2) is 9.75. The first-order valence-corrected chi connectivity index (χ1v) is 6.33. The molecule has 0 radical (unpaired) electrons. The molecular formula is C14H23NO4. The Morgan fingerprint density at radius 3 is 2.68 bits per heavy atom. The Bertz CT molecular complexity index is 346. The molecular weight excluding hydrogens is 246 g/mol. The maximum atomic E-state index is 9.77. The highest BCUT2D eigenvalue weighted by molar-refractivity contribution is 5.50. The number of hydrogen-bond acceptors (Lipinski definition) is 5. The van der Waals surface area contributed by atoms with E-state index >= 15 is 0 Å². The van der Waals surface area contributed by atoms with Gasteiger partial charge in [-0.3, -0.25) is 0 Å². The van der Waals surface area contributed by atoms with Gasteiger partial charge >= 0.3 is 0 Å². The van der Waals surface area contributed by atoms with Crippen LogP contribution >= 0.6 is 0 Å². The highest BCUT2D eigenvalue weighted by atomic mass is 16.5. The Kier molecular flexibility index (Phi) is 8.16. The molecule has 0 amide bonds. The van der Waals surface area contributed by atoms with Crippen molar-refractivity contribution in [3.63, 3.8) is 0 Å². The fourth-order valence-corrected chi connectivity index (χ4v) is 1.62. The fourth-order valence-electron chi connectivity index (χ4n) is 1.62. The van der Waals surface area contributed by atoms with E-state index in [-0.39, 0.29) is 0 Å². The van der Waals surface area contributed by atoms with Crippen LogP contribution in [0, 0.1) is 0 Å². The summed E-state index contributed by atoms with van der Waals surface area (Å²) in [7, 11) is 3.28. The molecule has 0 aromatic heterocycles. The van der Waals surface area contributed by atoms with E-state index < -0.39 is 6.10 Å². The first-order valence-electron chi connectivity index (χ1n) is 6.33. The normalized spacial score (nSPS) is 12.4. The summed E-state index contributed by atoms with van der Waals surface area (Å²) in [5.41, 5.74) is 2.04. The van der Waals surface area contributed by atoms with Gasteiger partial charge in [0, 0.05) is 32.0 Å². The molecule has 0 fully saturated rings. The fraction of sp³-hybridized carbons (Fsp3) is 0.571. The predicted octanol–water partition coefficient (Wildman–Crippen LogP) is 1.27. The number of rotatable bonds is 10. The van der Waals surface area contributed by atoms with Crippen LogP contribution in [0.3, 0.4) is 0 Å². The lowest BCUT2D eigenvalue weighted by Gasteiger charge is -2.15. The second-order valence-corrected chi connectivity index (χ2v) is 4.19. The number of hydrogen-bond donors (Lipinski definition) is 2. The summed E-state index contributed by atoms with van der Waals surface area (Å²) in [5, 5.41) is 13.0. The highest BCUT2D eigenvalue weighted by Crippen LogP contribution is 2.15. The van der Waals surface area contributed by atoms with Gasteiger partial charge in [0.15, 0.2) is 0 Å². The van der Waals surface area contributed by atoms with Gasteiger partial charge in [0.1, 0.15) is 0 Å². The van der Waals surface area contributed by atoms with Gasteiger partial charge in [0.05, 0.1) is 32.5 Å². The lowest BCUT2D eigenvalue weighted by molar-refractivity contribution is 0.0182. The molecule has 108 valence electrons. The molecule has 0 bridgehead atoms. The Morgan fingerprint density at radius 1 is 1.16 bits per heavy atom. The van der Waals surface area contributed by atoms with Gasteiger partial charge in [-0.15, -0.1) is 0 Å². The van der Waals surface area contributed by atoms with Crippen molar-refractivity contribution < 1.29 is 19.3 Å². The maximum absolute atomic E-state index is 9.77. The Labute approximate surface area is 114 Å². The maximum Gasteiger partial charge on any atom is 0.0945 e. The SMILES string of the molecule is COCCOCC(O)CNc1ccccc1COC. The molecule has 0 spiro atoms. The van der Waals surface area contributed by atoms with Crippen LogP contribution in [0.15, 0.2) is 24.3 Å². The van der Waals surface area contributed by atoms with Crippen LogP contribution in [0.2, 0.25) is 0 Å². The number of ether oxygens (including phenoxy) is 3. The molecule has 0 saturated carbocycles. The van der Waals surface area contributed by atoms with Gasteiger partial charge < -0.3 is 24.6 Å². The van der Waals surface area contributed by atoms with E-state index in [1.54, 1.807) is 14.2 Å². The van der Waals surface area contributed by atoms with Crippen molar-refractivity contribution in [3.8, 4) is 0 Å². The van der Waals surface area contributed by atoms with Gasteiger partial charge in [-0.25, -0.2) is 0 Å². The number of aliphatic hydroxyl groups excluding tert-OH is 1. The Morgan fingerprint density at radius 2 is 1.95 bits per heavy atom. The van der Waals surface area contributed by atoms with Crippen LogP contribution in [-0.4, -0.2) is 51.8 Å². The topological polar surface area (TPSA) is 60.0 Å².